The Bertz CT molecular complexity index is 641. The molecule has 0 N–H and O–H groups in total. The van der Waals surface area contributed by atoms with Crippen LogP contribution >= 0.6 is 11.6 Å². The Hall–Kier alpha value is -1.82. The van der Waals surface area contributed by atoms with Crippen molar-refractivity contribution in [2.24, 2.45) is 0 Å². The highest BCUT2D eigenvalue weighted by Crippen LogP contribution is 2.37. The Labute approximate surface area is 138 Å². The van der Waals surface area contributed by atoms with Gasteiger partial charge in [0.15, 0.2) is 0 Å². The van der Waals surface area contributed by atoms with Crippen LogP contribution in [-0.4, -0.2) is 35.5 Å². The van der Waals surface area contributed by atoms with E-state index in [-0.39, 0.29) is 28.5 Å². The maximum atomic E-state index is 14.3. The lowest BCUT2D eigenvalue weighted by Crippen LogP contribution is -2.39. The molecule has 0 saturated carbocycles. The van der Waals surface area contributed by atoms with E-state index in [9.17, 15) is 14.0 Å². The number of hydrogen-bond acceptors (Lipinski definition) is 3. The molecule has 2 aliphatic rings. The highest BCUT2D eigenvalue weighted by atomic mass is 35.5. The molecule has 0 radical (unpaired) electrons. The van der Waals surface area contributed by atoms with Crippen LogP contribution in [0.15, 0.2) is 12.1 Å². The predicted octanol–water partition coefficient (Wildman–Crippen LogP) is 3.59. The quantitative estimate of drug-likeness (QED) is 0.790. The first-order valence-corrected chi connectivity index (χ1v) is 8.08. The van der Waals surface area contributed by atoms with Gasteiger partial charge in [-0.1, -0.05) is 11.6 Å². The fraction of sp³-hybridized carbons (Fsp3) is 0.500. The van der Waals surface area contributed by atoms with Crippen molar-refractivity contribution in [1.82, 2.24) is 4.90 Å². The molecule has 2 saturated heterocycles. The molecule has 0 spiro atoms. The van der Waals surface area contributed by atoms with Gasteiger partial charge in [-0.05, 0) is 39.2 Å². The number of hydrogen-bond donors (Lipinski definition) is 0. The molecule has 5 nitrogen and oxygen atoms in total. The average Bonchev–Trinajstić information content (AvgIpc) is 2.74. The summed E-state index contributed by atoms with van der Waals surface area (Å²) in [5.74, 6) is -0.845. The lowest BCUT2D eigenvalue weighted by Gasteiger charge is -2.26. The molecule has 3 amide bonds. The van der Waals surface area contributed by atoms with Gasteiger partial charge in [-0.3, -0.25) is 4.79 Å². The number of nitrogens with zero attached hydrogens (tertiary/aromatic N) is 2. The summed E-state index contributed by atoms with van der Waals surface area (Å²) in [6.45, 7) is 4.15. The minimum absolute atomic E-state index is 0.102. The summed E-state index contributed by atoms with van der Waals surface area (Å²) in [4.78, 5) is 27.5. The lowest BCUT2D eigenvalue weighted by molar-refractivity contribution is -0.120. The van der Waals surface area contributed by atoms with Gasteiger partial charge in [-0.25, -0.2) is 14.1 Å². The second kappa shape index (κ2) is 6.00. The molecule has 0 aromatic heterocycles. The molecule has 1 unspecified atom stereocenters. The Morgan fingerprint density at radius 2 is 2.04 bits per heavy atom. The Morgan fingerprint density at radius 3 is 2.70 bits per heavy atom. The van der Waals surface area contributed by atoms with E-state index in [1.165, 1.54) is 11.0 Å². The highest BCUT2D eigenvalue weighted by Gasteiger charge is 2.47. The number of anilines is 1. The summed E-state index contributed by atoms with van der Waals surface area (Å²) in [7, 11) is 0. The molecular weight excluding hydrogens is 323 g/mol. The number of ether oxygens (including phenoxy) is 1. The monoisotopic (exact) mass is 340 g/mol. The van der Waals surface area contributed by atoms with Gasteiger partial charge in [0.05, 0.1) is 16.8 Å². The van der Waals surface area contributed by atoms with Crippen molar-refractivity contribution in [3.05, 3.63) is 23.0 Å². The van der Waals surface area contributed by atoms with Crippen LogP contribution in [0.5, 0.6) is 5.75 Å². The van der Waals surface area contributed by atoms with Gasteiger partial charge in [0, 0.05) is 12.6 Å². The standard InChI is InChI=1S/C16H18ClFN2O3/c1-9(2)23-14-8-13(11(18)7-10(14)17)20-15(21)12-5-3-4-6-19(12)16(20)22/h7-9,12H,3-6H2,1-2H3. The molecule has 1 aromatic carbocycles. The van der Waals surface area contributed by atoms with Crippen LogP contribution < -0.4 is 9.64 Å². The number of fused-ring (bicyclic) bond motifs is 1. The van der Waals surface area contributed by atoms with Crippen molar-refractivity contribution in [1.29, 1.82) is 0 Å². The molecule has 2 heterocycles. The third-order valence-corrected chi connectivity index (χ3v) is 4.35. The van der Waals surface area contributed by atoms with Gasteiger partial charge in [0.25, 0.3) is 5.91 Å². The number of carbonyl (C=O) groups is 2. The number of amides is 3. The van der Waals surface area contributed by atoms with Crippen LogP contribution in [0.4, 0.5) is 14.9 Å². The summed E-state index contributed by atoms with van der Waals surface area (Å²) >= 11 is 5.98. The number of imide groups is 1. The van der Waals surface area contributed by atoms with Gasteiger partial charge in [0.2, 0.25) is 0 Å². The zero-order chi connectivity index (χ0) is 16.7. The largest absolute Gasteiger partial charge is 0.489 e. The van der Waals surface area contributed by atoms with E-state index in [0.717, 1.165) is 23.8 Å². The molecule has 1 atom stereocenters. The fourth-order valence-corrected chi connectivity index (χ4v) is 3.24. The van der Waals surface area contributed by atoms with E-state index in [1.54, 1.807) is 0 Å². The van der Waals surface area contributed by atoms with Crippen LogP contribution in [0.3, 0.4) is 0 Å². The number of piperidine rings is 1. The predicted molar refractivity (Wildman–Crippen MR) is 84.4 cm³/mol. The maximum Gasteiger partial charge on any atom is 0.332 e. The first-order valence-electron chi connectivity index (χ1n) is 7.70. The highest BCUT2D eigenvalue weighted by molar-refractivity contribution is 6.32. The first-order chi connectivity index (χ1) is 10.9. The number of rotatable bonds is 3. The van der Waals surface area contributed by atoms with E-state index in [4.69, 9.17) is 16.3 Å². The number of benzene rings is 1. The Kier molecular flexibility index (Phi) is 4.19. The topological polar surface area (TPSA) is 49.9 Å². The summed E-state index contributed by atoms with van der Waals surface area (Å²) in [5, 5.41) is 0.108. The van der Waals surface area contributed by atoms with Crippen LogP contribution in [0.25, 0.3) is 0 Å². The van der Waals surface area contributed by atoms with Gasteiger partial charge < -0.3 is 9.64 Å². The van der Waals surface area contributed by atoms with E-state index in [2.05, 4.69) is 0 Å². The van der Waals surface area contributed by atoms with Crippen molar-refractivity contribution in [2.45, 2.75) is 45.3 Å². The molecule has 7 heteroatoms. The molecule has 0 bridgehead atoms. The number of halogens is 2. The maximum absolute atomic E-state index is 14.3. The Morgan fingerprint density at radius 1 is 1.30 bits per heavy atom. The summed E-state index contributed by atoms with van der Waals surface area (Å²) in [5.41, 5.74) is -0.102. The fourth-order valence-electron chi connectivity index (χ4n) is 3.04. The van der Waals surface area contributed by atoms with Crippen LogP contribution in [-0.2, 0) is 4.79 Å². The molecular formula is C16H18ClFN2O3. The molecule has 2 fully saturated rings. The molecule has 2 aliphatic heterocycles. The number of urea groups is 1. The number of carbonyl (C=O) groups excluding carboxylic acids is 2. The van der Waals surface area contributed by atoms with Crippen LogP contribution in [0, 0.1) is 5.82 Å². The van der Waals surface area contributed by atoms with Gasteiger partial charge >= 0.3 is 6.03 Å². The first kappa shape index (κ1) is 16.1. The third-order valence-electron chi connectivity index (χ3n) is 4.05. The minimum Gasteiger partial charge on any atom is -0.489 e. The van der Waals surface area contributed by atoms with E-state index in [1.807, 2.05) is 13.8 Å². The van der Waals surface area contributed by atoms with Crippen molar-refractivity contribution >= 4 is 29.2 Å². The molecule has 23 heavy (non-hydrogen) atoms. The van der Waals surface area contributed by atoms with Crippen molar-refractivity contribution in [3.8, 4) is 5.75 Å². The van der Waals surface area contributed by atoms with Crippen LogP contribution in [0.2, 0.25) is 5.02 Å². The van der Waals surface area contributed by atoms with Gasteiger partial charge in [-0.2, -0.15) is 0 Å². The SMILES string of the molecule is CC(C)Oc1cc(N2C(=O)C3CCCCN3C2=O)c(F)cc1Cl. The molecule has 0 aliphatic carbocycles. The lowest BCUT2D eigenvalue weighted by atomic mass is 10.0. The van der Waals surface area contributed by atoms with E-state index in [0.29, 0.717) is 13.0 Å². The van der Waals surface area contributed by atoms with Crippen molar-refractivity contribution in [3.63, 3.8) is 0 Å². The summed E-state index contributed by atoms with van der Waals surface area (Å²) in [6, 6.07) is 1.44. The van der Waals surface area contributed by atoms with Gasteiger partial charge in [0.1, 0.15) is 17.6 Å². The second-order valence-electron chi connectivity index (χ2n) is 6.06. The smallest absolute Gasteiger partial charge is 0.332 e. The van der Waals surface area contributed by atoms with Crippen molar-refractivity contribution < 1.29 is 18.7 Å². The van der Waals surface area contributed by atoms with Crippen LogP contribution in [0.1, 0.15) is 33.1 Å². The minimum atomic E-state index is -0.715. The van der Waals surface area contributed by atoms with Gasteiger partial charge in [-0.15, -0.1) is 0 Å². The zero-order valence-electron chi connectivity index (χ0n) is 13.0. The van der Waals surface area contributed by atoms with E-state index < -0.39 is 17.9 Å². The molecule has 3 rings (SSSR count). The van der Waals surface area contributed by atoms with Crippen molar-refractivity contribution in [2.75, 3.05) is 11.4 Å². The summed E-state index contributed by atoms with van der Waals surface area (Å²) < 4.78 is 19.9. The summed E-state index contributed by atoms with van der Waals surface area (Å²) in [6.07, 6.45) is 2.20. The van der Waals surface area contributed by atoms with E-state index >= 15 is 0 Å². The third kappa shape index (κ3) is 2.76. The Balaban J connectivity index is 2.00. The second-order valence-corrected chi connectivity index (χ2v) is 6.47. The molecule has 124 valence electrons. The normalized spacial score (nSPS) is 21.2. The zero-order valence-corrected chi connectivity index (χ0v) is 13.8. The average molecular weight is 341 g/mol. The molecule has 1 aromatic rings.